The third-order valence-electron chi connectivity index (χ3n) is 3.59. The Kier molecular flexibility index (Phi) is 5.21. The number of hydrogen-bond acceptors (Lipinski definition) is 3. The van der Waals surface area contributed by atoms with Gasteiger partial charge in [0.15, 0.2) is 0 Å². The molecule has 1 saturated heterocycles. The van der Waals surface area contributed by atoms with Crippen molar-refractivity contribution in [2.24, 2.45) is 5.92 Å². The van der Waals surface area contributed by atoms with Crippen molar-refractivity contribution in [2.45, 2.75) is 39.3 Å². The number of halogens is 1. The van der Waals surface area contributed by atoms with Crippen LogP contribution >= 0.6 is 15.9 Å². The van der Waals surface area contributed by atoms with E-state index in [9.17, 15) is 0 Å². The van der Waals surface area contributed by atoms with Gasteiger partial charge in [-0.25, -0.2) is 0 Å². The van der Waals surface area contributed by atoms with Crippen LogP contribution in [0.25, 0.3) is 0 Å². The van der Waals surface area contributed by atoms with Crippen molar-refractivity contribution in [1.82, 2.24) is 15.1 Å². The molecule has 1 fully saturated rings. The maximum absolute atomic E-state index is 5.47. The van der Waals surface area contributed by atoms with Crippen LogP contribution in [0.3, 0.4) is 0 Å². The molecule has 2 rings (SSSR count). The summed E-state index contributed by atoms with van der Waals surface area (Å²) >= 11 is 3.64. The van der Waals surface area contributed by atoms with E-state index < -0.39 is 0 Å². The minimum atomic E-state index is 0.371. The zero-order valence-electron chi connectivity index (χ0n) is 11.2. The van der Waals surface area contributed by atoms with E-state index >= 15 is 0 Å². The largest absolute Gasteiger partial charge is 0.381 e. The average molecular weight is 316 g/mol. The van der Waals surface area contributed by atoms with Crippen LogP contribution in [0.5, 0.6) is 0 Å². The average Bonchev–Trinajstić information content (AvgIpc) is 2.78. The third kappa shape index (κ3) is 2.95. The zero-order valence-corrected chi connectivity index (χ0v) is 12.7. The maximum atomic E-state index is 5.47. The zero-order chi connectivity index (χ0) is 13.0. The van der Waals surface area contributed by atoms with Gasteiger partial charge in [0.2, 0.25) is 0 Å². The summed E-state index contributed by atoms with van der Waals surface area (Å²) in [6, 6.07) is 0.371. The minimum Gasteiger partial charge on any atom is -0.381 e. The Balaban J connectivity index is 2.24. The molecule has 18 heavy (non-hydrogen) atoms. The first-order valence-corrected chi connectivity index (χ1v) is 7.59. The van der Waals surface area contributed by atoms with Crippen LogP contribution in [-0.2, 0) is 11.3 Å². The highest BCUT2D eigenvalue weighted by molar-refractivity contribution is 9.10. The van der Waals surface area contributed by atoms with Gasteiger partial charge in [0, 0.05) is 19.8 Å². The molecule has 1 aromatic rings. The van der Waals surface area contributed by atoms with Gasteiger partial charge < -0.3 is 10.1 Å². The molecule has 1 N–H and O–H groups in total. The summed E-state index contributed by atoms with van der Waals surface area (Å²) in [6.07, 6.45) is 4.15. The summed E-state index contributed by atoms with van der Waals surface area (Å²) in [6.45, 7) is 7.94. The van der Waals surface area contributed by atoms with Gasteiger partial charge in [0.05, 0.1) is 22.4 Å². The molecule has 0 bridgehead atoms. The molecule has 0 amide bonds. The first kappa shape index (κ1) is 14.0. The smallest absolute Gasteiger partial charge is 0.0698 e. The normalized spacial score (nSPS) is 19.1. The van der Waals surface area contributed by atoms with E-state index in [2.05, 4.69) is 44.9 Å². The molecular formula is C13H22BrN3O. The molecule has 0 spiro atoms. The molecule has 102 valence electrons. The fourth-order valence-corrected chi connectivity index (χ4v) is 3.23. The Hall–Kier alpha value is -0.390. The van der Waals surface area contributed by atoms with E-state index in [0.717, 1.165) is 43.6 Å². The van der Waals surface area contributed by atoms with Gasteiger partial charge >= 0.3 is 0 Å². The number of nitrogens with zero attached hydrogens (tertiary/aromatic N) is 2. The second kappa shape index (κ2) is 6.68. The Morgan fingerprint density at radius 1 is 1.50 bits per heavy atom. The monoisotopic (exact) mass is 315 g/mol. The summed E-state index contributed by atoms with van der Waals surface area (Å²) in [4.78, 5) is 0. The van der Waals surface area contributed by atoms with Crippen molar-refractivity contribution in [1.29, 1.82) is 0 Å². The first-order chi connectivity index (χ1) is 8.77. The van der Waals surface area contributed by atoms with Gasteiger partial charge in [-0.1, -0.05) is 6.92 Å². The van der Waals surface area contributed by atoms with Gasteiger partial charge in [0.25, 0.3) is 0 Å². The van der Waals surface area contributed by atoms with Crippen LogP contribution in [0.4, 0.5) is 0 Å². The summed E-state index contributed by atoms with van der Waals surface area (Å²) in [7, 11) is 0. The molecule has 1 aliphatic rings. The molecule has 1 unspecified atom stereocenters. The summed E-state index contributed by atoms with van der Waals surface area (Å²) < 4.78 is 8.67. The maximum Gasteiger partial charge on any atom is 0.0698 e. The van der Waals surface area contributed by atoms with Crippen LogP contribution in [-0.4, -0.2) is 29.5 Å². The molecule has 1 aliphatic heterocycles. The van der Waals surface area contributed by atoms with Gasteiger partial charge in [-0.2, -0.15) is 5.10 Å². The number of ether oxygens (including phenoxy) is 1. The number of rotatable bonds is 5. The van der Waals surface area contributed by atoms with Crippen LogP contribution in [0.1, 0.15) is 38.4 Å². The fourth-order valence-electron chi connectivity index (χ4n) is 2.69. The van der Waals surface area contributed by atoms with Crippen molar-refractivity contribution < 1.29 is 4.74 Å². The van der Waals surface area contributed by atoms with Crippen LogP contribution in [0, 0.1) is 5.92 Å². The lowest BCUT2D eigenvalue weighted by atomic mass is 9.89. The highest BCUT2D eigenvalue weighted by Gasteiger charge is 2.28. The highest BCUT2D eigenvalue weighted by atomic mass is 79.9. The molecule has 0 radical (unpaired) electrons. The van der Waals surface area contributed by atoms with E-state index in [4.69, 9.17) is 4.74 Å². The minimum absolute atomic E-state index is 0.371. The Labute approximate surface area is 117 Å². The second-order valence-electron chi connectivity index (χ2n) is 4.68. The topological polar surface area (TPSA) is 39.1 Å². The molecule has 0 aromatic carbocycles. The summed E-state index contributed by atoms with van der Waals surface area (Å²) in [5.41, 5.74) is 1.28. The van der Waals surface area contributed by atoms with Crippen molar-refractivity contribution in [2.75, 3.05) is 19.8 Å². The molecule has 5 heteroatoms. The first-order valence-electron chi connectivity index (χ1n) is 6.80. The molecule has 0 aliphatic carbocycles. The van der Waals surface area contributed by atoms with Crippen molar-refractivity contribution in [3.63, 3.8) is 0 Å². The Morgan fingerprint density at radius 2 is 2.22 bits per heavy atom. The number of aromatic nitrogens is 2. The Bertz CT molecular complexity index is 374. The van der Waals surface area contributed by atoms with Gasteiger partial charge in [0.1, 0.15) is 0 Å². The summed E-state index contributed by atoms with van der Waals surface area (Å²) in [5.74, 6) is 0.636. The SMILES string of the molecule is CCNC(c1c(Br)cnn1CC)C1CCOCC1. The lowest BCUT2D eigenvalue weighted by molar-refractivity contribution is 0.0526. The van der Waals surface area contributed by atoms with Gasteiger partial charge in [-0.15, -0.1) is 0 Å². The van der Waals surface area contributed by atoms with Crippen molar-refractivity contribution in [3.05, 3.63) is 16.4 Å². The quantitative estimate of drug-likeness (QED) is 0.908. The molecule has 1 atom stereocenters. The predicted octanol–water partition coefficient (Wildman–Crippen LogP) is 2.74. The van der Waals surface area contributed by atoms with E-state index in [1.165, 1.54) is 5.69 Å². The van der Waals surface area contributed by atoms with E-state index in [1.807, 2.05) is 6.20 Å². The van der Waals surface area contributed by atoms with Crippen LogP contribution < -0.4 is 5.32 Å². The van der Waals surface area contributed by atoms with Crippen molar-refractivity contribution in [3.8, 4) is 0 Å². The lowest BCUT2D eigenvalue weighted by Crippen LogP contribution is -2.33. The fraction of sp³-hybridized carbons (Fsp3) is 0.769. The third-order valence-corrected chi connectivity index (χ3v) is 4.20. The number of nitrogens with one attached hydrogen (secondary N) is 1. The number of hydrogen-bond donors (Lipinski definition) is 1. The van der Waals surface area contributed by atoms with Crippen molar-refractivity contribution >= 4 is 15.9 Å². The standard InChI is InChI=1S/C13H22BrN3O/c1-3-15-12(10-5-7-18-8-6-10)13-11(14)9-16-17(13)4-2/h9-10,12,15H,3-8H2,1-2H3. The van der Waals surface area contributed by atoms with E-state index in [-0.39, 0.29) is 0 Å². The molecule has 1 aromatic heterocycles. The van der Waals surface area contributed by atoms with E-state index in [1.54, 1.807) is 0 Å². The number of aryl methyl sites for hydroxylation is 1. The van der Waals surface area contributed by atoms with Gasteiger partial charge in [-0.05, 0) is 48.2 Å². The summed E-state index contributed by atoms with van der Waals surface area (Å²) in [5, 5.41) is 8.05. The highest BCUT2D eigenvalue weighted by Crippen LogP contribution is 2.33. The lowest BCUT2D eigenvalue weighted by Gasteiger charge is -2.31. The molecule has 0 saturated carbocycles. The predicted molar refractivity (Wildman–Crippen MR) is 75.6 cm³/mol. The molecule has 4 nitrogen and oxygen atoms in total. The molecule has 2 heterocycles. The van der Waals surface area contributed by atoms with E-state index in [0.29, 0.717) is 12.0 Å². The Morgan fingerprint density at radius 3 is 2.83 bits per heavy atom. The van der Waals surface area contributed by atoms with Crippen LogP contribution in [0.15, 0.2) is 10.7 Å². The van der Waals surface area contributed by atoms with Gasteiger partial charge in [-0.3, -0.25) is 4.68 Å². The second-order valence-corrected chi connectivity index (χ2v) is 5.53. The van der Waals surface area contributed by atoms with Crippen LogP contribution in [0.2, 0.25) is 0 Å². The molecular weight excluding hydrogens is 294 g/mol.